The van der Waals surface area contributed by atoms with Gasteiger partial charge in [-0.3, -0.25) is 14.5 Å². The summed E-state index contributed by atoms with van der Waals surface area (Å²) in [5.41, 5.74) is 0.342. The number of amides is 1. The Morgan fingerprint density at radius 3 is 2.96 bits per heavy atom. The lowest BCUT2D eigenvalue weighted by atomic mass is 10.2. The summed E-state index contributed by atoms with van der Waals surface area (Å²) in [6, 6.07) is 8.93. The molecule has 8 heteroatoms. The molecule has 3 rings (SSSR count). The minimum atomic E-state index is -0.208. The first kappa shape index (κ1) is 18.6. The fraction of sp³-hybridized carbons (Fsp3) is 0.278. The first-order valence-corrected chi connectivity index (χ1v) is 9.51. The molecule has 0 saturated heterocycles. The fourth-order valence-electron chi connectivity index (χ4n) is 2.59. The third kappa shape index (κ3) is 4.69. The van der Waals surface area contributed by atoms with Crippen LogP contribution < -0.4 is 10.9 Å². The molecule has 6 nitrogen and oxygen atoms in total. The van der Waals surface area contributed by atoms with Gasteiger partial charge in [-0.1, -0.05) is 24.6 Å². The van der Waals surface area contributed by atoms with E-state index in [1.807, 2.05) is 29.3 Å². The summed E-state index contributed by atoms with van der Waals surface area (Å²) in [6.07, 6.45) is 0. The molecule has 0 spiro atoms. The number of aromatic amines is 1. The minimum Gasteiger partial charge on any atom is -0.350 e. The number of benzene rings is 1. The number of H-pyrrole nitrogens is 1. The number of fused-ring (bicyclic) bond motifs is 1. The zero-order chi connectivity index (χ0) is 18.5. The number of likely N-dealkylation sites (N-methyl/N-ethyl adjacent to an activating group) is 1. The van der Waals surface area contributed by atoms with Crippen molar-refractivity contribution in [2.24, 2.45) is 0 Å². The van der Waals surface area contributed by atoms with Gasteiger partial charge in [0.05, 0.1) is 30.5 Å². The van der Waals surface area contributed by atoms with Gasteiger partial charge >= 0.3 is 0 Å². The largest absolute Gasteiger partial charge is 0.350 e. The van der Waals surface area contributed by atoms with Crippen molar-refractivity contribution in [3.05, 3.63) is 61.8 Å². The number of aromatic nitrogens is 2. The molecular weight excluding hydrogens is 372 g/mol. The Morgan fingerprint density at radius 1 is 1.38 bits per heavy atom. The molecule has 0 atom stereocenters. The first-order chi connectivity index (χ1) is 12.5. The zero-order valence-corrected chi connectivity index (χ0v) is 15.9. The molecule has 1 amide bonds. The average Bonchev–Trinajstić information content (AvgIpc) is 3.12. The van der Waals surface area contributed by atoms with Crippen LogP contribution in [0.25, 0.3) is 10.9 Å². The SMILES string of the molecule is CCN(CC(=O)NCc1cccs1)Cc1nc2cc(Cl)ccc2c(=O)[nH]1. The van der Waals surface area contributed by atoms with Crippen molar-refractivity contribution in [3.8, 4) is 0 Å². The number of carbonyl (C=O) groups is 1. The lowest BCUT2D eigenvalue weighted by molar-refractivity contribution is -0.122. The highest BCUT2D eigenvalue weighted by Crippen LogP contribution is 2.15. The Hall–Kier alpha value is -2.22. The number of thiophene rings is 1. The van der Waals surface area contributed by atoms with Gasteiger partial charge in [0.25, 0.3) is 5.56 Å². The maximum atomic E-state index is 12.2. The Balaban J connectivity index is 1.66. The lowest BCUT2D eigenvalue weighted by Crippen LogP contribution is -2.37. The summed E-state index contributed by atoms with van der Waals surface area (Å²) in [5.74, 6) is 0.448. The summed E-state index contributed by atoms with van der Waals surface area (Å²) in [6.45, 7) is 3.75. The number of halogens is 1. The summed E-state index contributed by atoms with van der Waals surface area (Å²) in [4.78, 5) is 34.6. The van der Waals surface area contributed by atoms with E-state index in [1.165, 1.54) is 0 Å². The Bertz CT molecular complexity index is 955. The van der Waals surface area contributed by atoms with Crippen molar-refractivity contribution < 1.29 is 4.79 Å². The maximum Gasteiger partial charge on any atom is 0.258 e. The Kier molecular flexibility index (Phi) is 6.03. The molecule has 0 radical (unpaired) electrons. The van der Waals surface area contributed by atoms with Gasteiger partial charge in [0.1, 0.15) is 5.82 Å². The number of hydrogen-bond acceptors (Lipinski definition) is 5. The van der Waals surface area contributed by atoms with Crippen LogP contribution in [0.15, 0.2) is 40.5 Å². The van der Waals surface area contributed by atoms with Crippen LogP contribution in [-0.2, 0) is 17.9 Å². The van der Waals surface area contributed by atoms with Gasteiger partial charge in [0.2, 0.25) is 5.91 Å². The van der Waals surface area contributed by atoms with Crippen LogP contribution in [0.3, 0.4) is 0 Å². The second-order valence-corrected chi connectivity index (χ2v) is 7.30. The van der Waals surface area contributed by atoms with E-state index in [0.717, 1.165) is 4.88 Å². The second-order valence-electron chi connectivity index (χ2n) is 5.83. The number of nitrogens with one attached hydrogen (secondary N) is 2. The van der Waals surface area contributed by atoms with Crippen LogP contribution in [0.4, 0.5) is 0 Å². The monoisotopic (exact) mass is 390 g/mol. The van der Waals surface area contributed by atoms with Gasteiger partial charge < -0.3 is 10.3 Å². The van der Waals surface area contributed by atoms with Crippen LogP contribution >= 0.6 is 22.9 Å². The molecule has 0 aliphatic carbocycles. The fourth-order valence-corrected chi connectivity index (χ4v) is 3.40. The van der Waals surface area contributed by atoms with E-state index in [1.54, 1.807) is 29.5 Å². The third-order valence-electron chi connectivity index (χ3n) is 3.95. The molecule has 0 unspecified atom stereocenters. The number of rotatable bonds is 7. The lowest BCUT2D eigenvalue weighted by Gasteiger charge is -2.19. The van der Waals surface area contributed by atoms with E-state index in [-0.39, 0.29) is 18.0 Å². The normalized spacial score (nSPS) is 11.2. The summed E-state index contributed by atoms with van der Waals surface area (Å²) >= 11 is 7.59. The number of nitrogens with zero attached hydrogens (tertiary/aromatic N) is 2. The highest BCUT2D eigenvalue weighted by molar-refractivity contribution is 7.09. The van der Waals surface area contributed by atoms with E-state index < -0.39 is 0 Å². The smallest absolute Gasteiger partial charge is 0.258 e. The van der Waals surface area contributed by atoms with Crippen molar-refractivity contribution in [1.29, 1.82) is 0 Å². The van der Waals surface area contributed by atoms with Crippen LogP contribution in [0, 0.1) is 0 Å². The Labute approximate surface area is 159 Å². The molecule has 3 aromatic rings. The third-order valence-corrected chi connectivity index (χ3v) is 5.06. The molecule has 0 fully saturated rings. The van der Waals surface area contributed by atoms with Crippen molar-refractivity contribution in [1.82, 2.24) is 20.2 Å². The molecule has 0 bridgehead atoms. The molecule has 0 aliphatic heterocycles. The first-order valence-electron chi connectivity index (χ1n) is 8.25. The van der Waals surface area contributed by atoms with Crippen molar-refractivity contribution in [2.75, 3.05) is 13.1 Å². The second kappa shape index (κ2) is 8.44. The number of carbonyl (C=O) groups excluding carboxylic acids is 1. The Morgan fingerprint density at radius 2 is 2.23 bits per heavy atom. The molecular formula is C18H19ClN4O2S. The van der Waals surface area contributed by atoms with E-state index in [9.17, 15) is 9.59 Å². The summed E-state index contributed by atoms with van der Waals surface area (Å²) in [5, 5.41) is 5.91. The van der Waals surface area contributed by atoms with Gasteiger partial charge in [0.15, 0.2) is 0 Å². The molecule has 2 aromatic heterocycles. The van der Waals surface area contributed by atoms with E-state index >= 15 is 0 Å². The summed E-state index contributed by atoms with van der Waals surface area (Å²) < 4.78 is 0. The predicted molar refractivity (Wildman–Crippen MR) is 104 cm³/mol. The van der Waals surface area contributed by atoms with Crippen molar-refractivity contribution >= 4 is 39.7 Å². The molecule has 0 saturated carbocycles. The van der Waals surface area contributed by atoms with Crippen LogP contribution in [0.1, 0.15) is 17.6 Å². The van der Waals surface area contributed by atoms with Gasteiger partial charge in [-0.25, -0.2) is 4.98 Å². The molecule has 1 aromatic carbocycles. The molecule has 0 aliphatic rings. The van der Waals surface area contributed by atoms with Crippen molar-refractivity contribution in [2.45, 2.75) is 20.0 Å². The summed E-state index contributed by atoms with van der Waals surface area (Å²) in [7, 11) is 0. The minimum absolute atomic E-state index is 0.0635. The molecule has 2 heterocycles. The van der Waals surface area contributed by atoms with Crippen LogP contribution in [-0.4, -0.2) is 33.9 Å². The van der Waals surface area contributed by atoms with E-state index in [0.29, 0.717) is 41.4 Å². The molecule has 26 heavy (non-hydrogen) atoms. The maximum absolute atomic E-state index is 12.2. The predicted octanol–water partition coefficient (Wildman–Crippen LogP) is 2.78. The van der Waals surface area contributed by atoms with Crippen molar-refractivity contribution in [3.63, 3.8) is 0 Å². The topological polar surface area (TPSA) is 78.1 Å². The van der Waals surface area contributed by atoms with Gasteiger partial charge in [-0.15, -0.1) is 11.3 Å². The molecule has 136 valence electrons. The quantitative estimate of drug-likeness (QED) is 0.650. The van der Waals surface area contributed by atoms with Crippen LogP contribution in [0.2, 0.25) is 5.02 Å². The zero-order valence-electron chi connectivity index (χ0n) is 14.3. The van der Waals surface area contributed by atoms with E-state index in [2.05, 4.69) is 15.3 Å². The van der Waals surface area contributed by atoms with E-state index in [4.69, 9.17) is 11.6 Å². The average molecular weight is 391 g/mol. The van der Waals surface area contributed by atoms with Gasteiger partial charge in [-0.05, 0) is 36.2 Å². The molecule has 2 N–H and O–H groups in total. The van der Waals surface area contributed by atoms with Gasteiger partial charge in [-0.2, -0.15) is 0 Å². The highest BCUT2D eigenvalue weighted by atomic mass is 35.5. The number of hydrogen-bond donors (Lipinski definition) is 2. The highest BCUT2D eigenvalue weighted by Gasteiger charge is 2.12. The standard InChI is InChI=1S/C18H19ClN4O2S/c1-2-23(11-17(24)20-9-13-4-3-7-26-13)10-16-21-15-8-12(19)5-6-14(15)18(25)22-16/h3-8H,2,9-11H2,1H3,(H,20,24)(H,21,22,25). The van der Waals surface area contributed by atoms with Crippen LogP contribution in [0.5, 0.6) is 0 Å². The van der Waals surface area contributed by atoms with Gasteiger partial charge in [0, 0.05) is 9.90 Å².